The molecule has 0 aliphatic heterocycles. The first kappa shape index (κ1) is 23.4. The minimum Gasteiger partial charge on any atom is -0.484 e. The van der Waals surface area contributed by atoms with Crippen molar-refractivity contribution >= 4 is 23.4 Å². The molecule has 3 aliphatic rings. The van der Waals surface area contributed by atoms with Gasteiger partial charge in [0, 0.05) is 23.2 Å². The number of carbonyl (C=O) groups excluding carboxylic acids is 2. The van der Waals surface area contributed by atoms with Gasteiger partial charge in [0.05, 0.1) is 5.02 Å². The van der Waals surface area contributed by atoms with Crippen molar-refractivity contribution in [3.05, 3.63) is 46.6 Å². The molecule has 0 radical (unpaired) electrons. The summed E-state index contributed by atoms with van der Waals surface area (Å²) in [5.74, 6) is -1.53. The lowest BCUT2D eigenvalue weighted by atomic mass is 9.56. The van der Waals surface area contributed by atoms with Crippen LogP contribution >= 0.6 is 11.6 Å². The normalized spacial score (nSPS) is 26.3. The van der Waals surface area contributed by atoms with E-state index < -0.39 is 34.9 Å². The van der Waals surface area contributed by atoms with Crippen molar-refractivity contribution < 1.29 is 32.0 Å². The molecule has 2 bridgehead atoms. The monoisotopic (exact) mass is 485 g/mol. The topological polar surface area (TPSA) is 93.5 Å². The molecule has 0 spiro atoms. The molecule has 11 heteroatoms. The van der Waals surface area contributed by atoms with Gasteiger partial charge in [-0.05, 0) is 50.2 Å². The van der Waals surface area contributed by atoms with Gasteiger partial charge in [-0.25, -0.2) is 13.2 Å². The maximum absolute atomic E-state index is 13.5. The van der Waals surface area contributed by atoms with Gasteiger partial charge in [-0.2, -0.15) is 0 Å². The molecule has 1 aromatic carbocycles. The molecule has 7 nitrogen and oxygen atoms in total. The smallest absolute Gasteiger partial charge is 0.290 e. The molecule has 2 aromatic rings. The largest absolute Gasteiger partial charge is 0.484 e. The van der Waals surface area contributed by atoms with Gasteiger partial charge in [-0.3, -0.25) is 9.59 Å². The Morgan fingerprint density at radius 1 is 1.24 bits per heavy atom. The van der Waals surface area contributed by atoms with Crippen LogP contribution in [0.3, 0.4) is 0 Å². The quantitative estimate of drug-likeness (QED) is 0.605. The van der Waals surface area contributed by atoms with Crippen LogP contribution in [0.4, 0.5) is 13.2 Å². The predicted molar refractivity (Wildman–Crippen MR) is 112 cm³/mol. The van der Waals surface area contributed by atoms with Gasteiger partial charge in [0.1, 0.15) is 11.6 Å². The molecular weight excluding hydrogens is 463 g/mol. The van der Waals surface area contributed by atoms with Crippen LogP contribution in [0.2, 0.25) is 5.02 Å². The Hall–Kier alpha value is -2.75. The number of carbonyl (C=O) groups is 2. The van der Waals surface area contributed by atoms with Gasteiger partial charge >= 0.3 is 0 Å². The second-order valence-electron chi connectivity index (χ2n) is 8.83. The number of aromatic nitrogens is 1. The molecule has 1 heterocycles. The van der Waals surface area contributed by atoms with E-state index in [2.05, 4.69) is 15.8 Å². The molecule has 3 fully saturated rings. The van der Waals surface area contributed by atoms with Crippen LogP contribution in [0.25, 0.3) is 0 Å². The molecular formula is C22H23ClF3N3O4. The first-order valence-corrected chi connectivity index (χ1v) is 11.0. The Labute approximate surface area is 193 Å². The molecule has 0 unspecified atom stereocenters. The maximum Gasteiger partial charge on any atom is 0.290 e. The summed E-state index contributed by atoms with van der Waals surface area (Å²) in [5, 5.41) is 9.21. The lowest BCUT2D eigenvalue weighted by Gasteiger charge is -2.57. The Kier molecular flexibility index (Phi) is 6.30. The van der Waals surface area contributed by atoms with E-state index in [0.29, 0.717) is 32.1 Å². The second-order valence-corrected chi connectivity index (χ2v) is 9.23. The van der Waals surface area contributed by atoms with E-state index in [9.17, 15) is 22.8 Å². The van der Waals surface area contributed by atoms with E-state index in [4.69, 9.17) is 20.9 Å². The summed E-state index contributed by atoms with van der Waals surface area (Å²) < 4.78 is 49.1. The molecule has 33 heavy (non-hydrogen) atoms. The Morgan fingerprint density at radius 3 is 2.58 bits per heavy atom. The van der Waals surface area contributed by atoms with Gasteiger partial charge in [-0.15, -0.1) is 0 Å². The van der Waals surface area contributed by atoms with E-state index in [1.807, 2.05) is 6.92 Å². The summed E-state index contributed by atoms with van der Waals surface area (Å²) in [4.78, 5) is 25.1. The SMILES string of the molecule is C[C@H]1CC2(NC(=O)c3cc(C(F)F)no3)CCC1(NC(=O)COc1ccc(Cl)c(F)c1)CC2. The van der Waals surface area contributed by atoms with Crippen molar-refractivity contribution in [1.82, 2.24) is 15.8 Å². The Morgan fingerprint density at radius 2 is 1.97 bits per heavy atom. The number of benzene rings is 1. The molecule has 3 aliphatic carbocycles. The van der Waals surface area contributed by atoms with Crippen LogP contribution in [0.15, 0.2) is 28.8 Å². The number of ether oxygens (including phenoxy) is 1. The molecule has 2 amide bonds. The van der Waals surface area contributed by atoms with Crippen molar-refractivity contribution in [2.45, 2.75) is 56.5 Å². The highest BCUT2D eigenvalue weighted by molar-refractivity contribution is 6.30. The highest BCUT2D eigenvalue weighted by Gasteiger charge is 2.54. The van der Waals surface area contributed by atoms with Crippen molar-refractivity contribution in [3.63, 3.8) is 0 Å². The van der Waals surface area contributed by atoms with Crippen LogP contribution in [0.5, 0.6) is 5.75 Å². The average molecular weight is 486 g/mol. The number of hydrogen-bond acceptors (Lipinski definition) is 5. The molecule has 2 N–H and O–H groups in total. The maximum atomic E-state index is 13.5. The van der Waals surface area contributed by atoms with Gasteiger partial charge in [0.15, 0.2) is 12.3 Å². The number of fused-ring (bicyclic) bond motifs is 3. The predicted octanol–water partition coefficient (Wildman–Crippen LogP) is 4.42. The van der Waals surface area contributed by atoms with E-state index in [1.54, 1.807) is 0 Å². The highest BCUT2D eigenvalue weighted by atomic mass is 35.5. The van der Waals surface area contributed by atoms with Gasteiger partial charge < -0.3 is 19.9 Å². The lowest BCUT2D eigenvalue weighted by molar-refractivity contribution is -0.128. The number of amides is 2. The molecule has 178 valence electrons. The first-order chi connectivity index (χ1) is 15.6. The third-order valence-corrected chi connectivity index (χ3v) is 7.05. The number of halogens is 4. The van der Waals surface area contributed by atoms with Gasteiger partial charge in [-0.1, -0.05) is 23.7 Å². The van der Waals surface area contributed by atoms with E-state index in [1.165, 1.54) is 12.1 Å². The summed E-state index contributed by atoms with van der Waals surface area (Å²) in [6, 6.07) is 4.90. The second kappa shape index (κ2) is 8.89. The Balaban J connectivity index is 1.34. The zero-order valence-corrected chi connectivity index (χ0v) is 18.6. The fraction of sp³-hybridized carbons (Fsp3) is 0.500. The molecule has 0 saturated heterocycles. The highest BCUT2D eigenvalue weighted by Crippen LogP contribution is 2.50. The summed E-state index contributed by atoms with van der Waals surface area (Å²) in [5.41, 5.74) is -1.52. The summed E-state index contributed by atoms with van der Waals surface area (Å²) in [6.07, 6.45) is 0.288. The lowest BCUT2D eigenvalue weighted by Crippen LogP contribution is -2.67. The van der Waals surface area contributed by atoms with Crippen LogP contribution in [0.1, 0.15) is 61.7 Å². The van der Waals surface area contributed by atoms with Crippen molar-refractivity contribution in [3.8, 4) is 5.75 Å². The van der Waals surface area contributed by atoms with Crippen molar-refractivity contribution in [2.75, 3.05) is 6.61 Å². The van der Waals surface area contributed by atoms with Crippen LogP contribution in [-0.4, -0.2) is 34.7 Å². The number of nitrogens with one attached hydrogen (secondary N) is 2. The number of alkyl halides is 2. The Bertz CT molecular complexity index is 1050. The van der Waals surface area contributed by atoms with E-state index in [-0.39, 0.29) is 35.0 Å². The molecule has 3 saturated carbocycles. The third kappa shape index (κ3) is 4.80. The fourth-order valence-electron chi connectivity index (χ4n) is 4.91. The average Bonchev–Trinajstić information content (AvgIpc) is 3.27. The fourth-order valence-corrected chi connectivity index (χ4v) is 5.03. The summed E-state index contributed by atoms with van der Waals surface area (Å²) in [6.45, 7) is 1.73. The minimum atomic E-state index is -2.82. The van der Waals surface area contributed by atoms with E-state index in [0.717, 1.165) is 12.1 Å². The van der Waals surface area contributed by atoms with Crippen molar-refractivity contribution in [1.29, 1.82) is 0 Å². The number of rotatable bonds is 7. The number of nitrogens with zero attached hydrogens (tertiary/aromatic N) is 1. The summed E-state index contributed by atoms with van der Waals surface area (Å²) >= 11 is 5.65. The van der Waals surface area contributed by atoms with Crippen molar-refractivity contribution in [2.24, 2.45) is 5.92 Å². The number of hydrogen-bond donors (Lipinski definition) is 2. The van der Waals surface area contributed by atoms with Crippen LogP contribution < -0.4 is 15.4 Å². The minimum absolute atomic E-state index is 0.0303. The summed E-state index contributed by atoms with van der Waals surface area (Å²) in [7, 11) is 0. The molecule has 1 atom stereocenters. The van der Waals surface area contributed by atoms with E-state index >= 15 is 0 Å². The van der Waals surface area contributed by atoms with Gasteiger partial charge in [0.25, 0.3) is 18.2 Å². The molecule has 5 rings (SSSR count). The molecule has 1 aromatic heterocycles. The zero-order chi connectivity index (χ0) is 23.8. The van der Waals surface area contributed by atoms with Crippen LogP contribution in [0, 0.1) is 11.7 Å². The standard InChI is InChI=1S/C22H23ClF3N3O4/c1-12-10-21(28-20(31)17-9-16(19(25)26)29-33-17)4-6-22(12,7-5-21)27-18(30)11-32-13-2-3-14(23)15(24)8-13/h2-3,8-9,12,19H,4-7,10-11H2,1H3,(H,27,30)(H,28,31)/t12-,21?,22?/m0/s1. The zero-order valence-electron chi connectivity index (χ0n) is 17.8. The van der Waals surface area contributed by atoms with Gasteiger partial charge in [0.2, 0.25) is 5.76 Å². The third-order valence-electron chi connectivity index (χ3n) is 6.74. The first-order valence-electron chi connectivity index (χ1n) is 10.6. The van der Waals surface area contributed by atoms with Crippen LogP contribution in [-0.2, 0) is 4.79 Å².